The van der Waals surface area contributed by atoms with Crippen molar-refractivity contribution in [2.45, 2.75) is 6.92 Å². The highest BCUT2D eigenvalue weighted by molar-refractivity contribution is 6.31. The Morgan fingerprint density at radius 2 is 2.21 bits per heavy atom. The van der Waals surface area contributed by atoms with Crippen LogP contribution in [0.4, 0.5) is 5.69 Å². The SMILES string of the molecule is C=C/C=C(\C)c1ccc(Cl)cc1NC. The van der Waals surface area contributed by atoms with E-state index < -0.39 is 0 Å². The van der Waals surface area contributed by atoms with Crippen molar-refractivity contribution in [3.63, 3.8) is 0 Å². The summed E-state index contributed by atoms with van der Waals surface area (Å²) in [4.78, 5) is 0. The predicted octanol–water partition coefficient (Wildman–Crippen LogP) is 3.97. The third-order valence-electron chi connectivity index (χ3n) is 2.04. The van der Waals surface area contributed by atoms with Crippen molar-refractivity contribution in [2.75, 3.05) is 12.4 Å². The van der Waals surface area contributed by atoms with Crippen molar-refractivity contribution in [2.24, 2.45) is 0 Å². The summed E-state index contributed by atoms with van der Waals surface area (Å²) >= 11 is 5.90. The minimum absolute atomic E-state index is 0.740. The Balaban J connectivity index is 3.20. The summed E-state index contributed by atoms with van der Waals surface area (Å²) in [5.41, 5.74) is 3.35. The standard InChI is InChI=1S/C12H14ClN/c1-4-5-9(2)11-7-6-10(13)8-12(11)14-3/h4-8,14H,1H2,2-3H3/b9-5+. The molecule has 14 heavy (non-hydrogen) atoms. The molecule has 0 amide bonds. The first-order chi connectivity index (χ1) is 6.69. The van der Waals surface area contributed by atoms with Crippen LogP contribution in [0, 0.1) is 0 Å². The Morgan fingerprint density at radius 3 is 2.79 bits per heavy atom. The minimum atomic E-state index is 0.740. The van der Waals surface area contributed by atoms with Crippen molar-refractivity contribution < 1.29 is 0 Å². The Bertz CT molecular complexity index is 367. The van der Waals surface area contributed by atoms with Crippen LogP contribution in [-0.2, 0) is 0 Å². The average molecular weight is 208 g/mol. The van der Waals surface area contributed by atoms with Gasteiger partial charge in [0.2, 0.25) is 0 Å². The molecule has 0 radical (unpaired) electrons. The summed E-state index contributed by atoms with van der Waals surface area (Å²) in [6, 6.07) is 5.80. The van der Waals surface area contributed by atoms with Gasteiger partial charge in [-0.15, -0.1) is 0 Å². The summed E-state index contributed by atoms with van der Waals surface area (Å²) in [6.45, 7) is 5.72. The van der Waals surface area contributed by atoms with Gasteiger partial charge in [-0.05, 0) is 24.6 Å². The van der Waals surface area contributed by atoms with Gasteiger partial charge in [0.15, 0.2) is 0 Å². The molecule has 1 rings (SSSR count). The van der Waals surface area contributed by atoms with E-state index in [0.29, 0.717) is 0 Å². The molecule has 1 aromatic rings. The maximum Gasteiger partial charge on any atom is 0.0428 e. The van der Waals surface area contributed by atoms with E-state index in [1.54, 1.807) is 6.08 Å². The molecule has 74 valence electrons. The second kappa shape index (κ2) is 4.87. The predicted molar refractivity (Wildman–Crippen MR) is 64.8 cm³/mol. The summed E-state index contributed by atoms with van der Waals surface area (Å²) in [6.07, 6.45) is 3.76. The third kappa shape index (κ3) is 2.39. The first-order valence-electron chi connectivity index (χ1n) is 4.46. The molecule has 0 unspecified atom stereocenters. The Labute approximate surface area is 90.1 Å². The Kier molecular flexibility index (Phi) is 3.78. The summed E-state index contributed by atoms with van der Waals surface area (Å²) < 4.78 is 0. The maximum absolute atomic E-state index is 5.90. The van der Waals surface area contributed by atoms with Crippen LogP contribution in [0.15, 0.2) is 36.9 Å². The maximum atomic E-state index is 5.90. The highest BCUT2D eigenvalue weighted by atomic mass is 35.5. The number of allylic oxidation sites excluding steroid dienone is 3. The van der Waals surface area contributed by atoms with Crippen molar-refractivity contribution in [1.29, 1.82) is 0 Å². The van der Waals surface area contributed by atoms with Gasteiger partial charge in [-0.2, -0.15) is 0 Å². The quantitative estimate of drug-likeness (QED) is 0.740. The molecule has 0 spiro atoms. The van der Waals surface area contributed by atoms with Crippen molar-refractivity contribution >= 4 is 22.9 Å². The van der Waals surface area contributed by atoms with Crippen molar-refractivity contribution in [3.8, 4) is 0 Å². The fraction of sp³-hybridized carbons (Fsp3) is 0.167. The smallest absolute Gasteiger partial charge is 0.0428 e. The van der Waals surface area contributed by atoms with E-state index in [2.05, 4.69) is 11.9 Å². The number of anilines is 1. The molecule has 1 nitrogen and oxygen atoms in total. The first-order valence-corrected chi connectivity index (χ1v) is 4.84. The number of benzene rings is 1. The summed E-state index contributed by atoms with van der Waals surface area (Å²) in [5, 5.41) is 3.86. The molecule has 0 aliphatic rings. The molecule has 1 aromatic carbocycles. The van der Waals surface area contributed by atoms with E-state index in [4.69, 9.17) is 11.6 Å². The molecule has 0 atom stereocenters. The lowest BCUT2D eigenvalue weighted by molar-refractivity contribution is 1.46. The molecule has 0 aromatic heterocycles. The zero-order valence-corrected chi connectivity index (χ0v) is 9.23. The molecule has 0 saturated carbocycles. The van der Waals surface area contributed by atoms with Crippen molar-refractivity contribution in [1.82, 2.24) is 0 Å². The number of halogens is 1. The Morgan fingerprint density at radius 1 is 1.50 bits per heavy atom. The van der Waals surface area contributed by atoms with E-state index in [1.807, 2.05) is 38.2 Å². The van der Waals surface area contributed by atoms with Gasteiger partial charge in [0.25, 0.3) is 0 Å². The molecular formula is C12H14ClN. The van der Waals surface area contributed by atoms with Crippen LogP contribution < -0.4 is 5.32 Å². The molecule has 2 heteroatoms. The average Bonchev–Trinajstić information content (AvgIpc) is 2.17. The monoisotopic (exact) mass is 207 g/mol. The van der Waals surface area contributed by atoms with Crippen molar-refractivity contribution in [3.05, 3.63) is 47.5 Å². The summed E-state index contributed by atoms with van der Waals surface area (Å²) in [7, 11) is 1.89. The van der Waals surface area contributed by atoms with Gasteiger partial charge >= 0.3 is 0 Å². The van der Waals surface area contributed by atoms with E-state index in [1.165, 1.54) is 5.57 Å². The van der Waals surface area contributed by atoms with Crippen LogP contribution in [0.5, 0.6) is 0 Å². The minimum Gasteiger partial charge on any atom is -0.388 e. The van der Waals surface area contributed by atoms with Gasteiger partial charge in [0, 0.05) is 23.3 Å². The molecule has 0 aliphatic carbocycles. The van der Waals surface area contributed by atoms with E-state index in [0.717, 1.165) is 16.3 Å². The van der Waals surface area contributed by atoms with E-state index in [-0.39, 0.29) is 0 Å². The molecule has 0 fully saturated rings. The zero-order valence-electron chi connectivity index (χ0n) is 8.47. The van der Waals surface area contributed by atoms with Gasteiger partial charge in [0.05, 0.1) is 0 Å². The lowest BCUT2D eigenvalue weighted by Gasteiger charge is -2.09. The van der Waals surface area contributed by atoms with Crippen LogP contribution in [-0.4, -0.2) is 7.05 Å². The highest BCUT2D eigenvalue weighted by Crippen LogP contribution is 2.26. The van der Waals surface area contributed by atoms with Crippen LogP contribution in [0.1, 0.15) is 12.5 Å². The first kappa shape index (κ1) is 10.9. The second-order valence-corrected chi connectivity index (χ2v) is 3.46. The molecule has 0 bridgehead atoms. The van der Waals surface area contributed by atoms with Gasteiger partial charge < -0.3 is 5.32 Å². The number of hydrogen-bond donors (Lipinski definition) is 1. The number of rotatable bonds is 3. The third-order valence-corrected chi connectivity index (χ3v) is 2.28. The molecule has 0 aliphatic heterocycles. The van der Waals surface area contributed by atoms with Crippen LogP contribution in [0.3, 0.4) is 0 Å². The second-order valence-electron chi connectivity index (χ2n) is 3.03. The van der Waals surface area contributed by atoms with Gasteiger partial charge in [-0.1, -0.05) is 36.4 Å². The fourth-order valence-electron chi connectivity index (χ4n) is 1.33. The topological polar surface area (TPSA) is 12.0 Å². The lowest BCUT2D eigenvalue weighted by Crippen LogP contribution is -1.93. The highest BCUT2D eigenvalue weighted by Gasteiger charge is 2.02. The van der Waals surface area contributed by atoms with Crippen LogP contribution in [0.25, 0.3) is 5.57 Å². The zero-order chi connectivity index (χ0) is 10.6. The normalized spacial score (nSPS) is 11.2. The van der Waals surface area contributed by atoms with Crippen LogP contribution >= 0.6 is 11.6 Å². The van der Waals surface area contributed by atoms with Crippen LogP contribution in [0.2, 0.25) is 5.02 Å². The molecule has 0 heterocycles. The van der Waals surface area contributed by atoms with E-state index >= 15 is 0 Å². The lowest BCUT2D eigenvalue weighted by atomic mass is 10.1. The molecular weight excluding hydrogens is 194 g/mol. The van der Waals surface area contributed by atoms with E-state index in [9.17, 15) is 0 Å². The Hall–Kier alpha value is -1.21. The van der Waals surface area contributed by atoms with Gasteiger partial charge in [-0.3, -0.25) is 0 Å². The summed E-state index contributed by atoms with van der Waals surface area (Å²) in [5.74, 6) is 0. The molecule has 1 N–H and O–H groups in total. The number of hydrogen-bond acceptors (Lipinski definition) is 1. The largest absolute Gasteiger partial charge is 0.388 e. The fourth-order valence-corrected chi connectivity index (χ4v) is 1.51. The van der Waals surface area contributed by atoms with Gasteiger partial charge in [-0.25, -0.2) is 0 Å². The number of nitrogens with one attached hydrogen (secondary N) is 1. The van der Waals surface area contributed by atoms with Gasteiger partial charge in [0.1, 0.15) is 0 Å². The molecule has 0 saturated heterocycles.